The molecule has 2 aliphatic carbocycles. The van der Waals surface area contributed by atoms with E-state index in [2.05, 4.69) is 20.4 Å². The zero-order valence-electron chi connectivity index (χ0n) is 18.4. The summed E-state index contributed by atoms with van der Waals surface area (Å²) in [6.07, 6.45) is 8.56. The van der Waals surface area contributed by atoms with E-state index in [1.807, 2.05) is 19.9 Å². The summed E-state index contributed by atoms with van der Waals surface area (Å²) in [5.41, 5.74) is 4.82. The monoisotopic (exact) mass is 398 g/mol. The minimum Gasteiger partial charge on any atom is -0.432 e. The van der Waals surface area contributed by atoms with Crippen LogP contribution < -0.4 is 0 Å². The lowest BCUT2D eigenvalue weighted by molar-refractivity contribution is -0.132. The van der Waals surface area contributed by atoms with Crippen molar-refractivity contribution in [1.82, 2.24) is 0 Å². The molecule has 2 bridgehead atoms. The van der Waals surface area contributed by atoms with Gasteiger partial charge in [0.05, 0.1) is 19.0 Å². The van der Waals surface area contributed by atoms with Crippen molar-refractivity contribution in [2.75, 3.05) is 6.61 Å². The predicted octanol–water partition coefficient (Wildman–Crippen LogP) is 5.31. The van der Waals surface area contributed by atoms with Crippen molar-refractivity contribution in [2.24, 2.45) is 23.2 Å². The second-order valence-electron chi connectivity index (χ2n) is 9.61. The molecule has 4 nitrogen and oxygen atoms in total. The number of allylic oxidation sites excluding steroid dienone is 3. The summed E-state index contributed by atoms with van der Waals surface area (Å²) >= 11 is 0. The van der Waals surface area contributed by atoms with E-state index in [0.717, 1.165) is 24.8 Å². The number of fused-ring (bicyclic) bond motifs is 3. The number of rotatable bonds is 6. The number of esters is 1. The number of ketones is 1. The molecule has 3 rings (SSSR count). The standard InChI is InChI=1S/C25H34O4/c1-15(2)11-23(27)28-10-8-21-24-20(14-29-22(24)12-17(5)26)19-13-25(21,6)9-7-18(19)16(3)4/h8,10-11,18-19,21-22H,3,7,9,12-14H2,1-2,4-6H3. The molecule has 0 aromatic carbocycles. The predicted molar refractivity (Wildman–Crippen MR) is 114 cm³/mol. The van der Waals surface area contributed by atoms with Gasteiger partial charge in [0.2, 0.25) is 0 Å². The van der Waals surface area contributed by atoms with Gasteiger partial charge in [0.25, 0.3) is 0 Å². The summed E-state index contributed by atoms with van der Waals surface area (Å²) in [5, 5.41) is 0. The Bertz CT molecular complexity index is 796. The summed E-state index contributed by atoms with van der Waals surface area (Å²) in [6, 6.07) is 0. The van der Waals surface area contributed by atoms with Crippen LogP contribution in [0.3, 0.4) is 0 Å². The number of hydrogen-bond acceptors (Lipinski definition) is 4. The Hall–Kier alpha value is -1.94. The van der Waals surface area contributed by atoms with Crippen molar-refractivity contribution in [3.05, 3.63) is 47.3 Å². The Kier molecular flexibility index (Phi) is 6.33. The van der Waals surface area contributed by atoms with E-state index in [9.17, 15) is 9.59 Å². The molecule has 1 fully saturated rings. The van der Waals surface area contributed by atoms with Gasteiger partial charge in [-0.05, 0) is 81.4 Å². The second-order valence-corrected chi connectivity index (χ2v) is 9.61. The molecule has 1 heterocycles. The first-order valence-electron chi connectivity index (χ1n) is 10.6. The lowest BCUT2D eigenvalue weighted by atomic mass is 9.52. The van der Waals surface area contributed by atoms with Crippen LogP contribution in [0.15, 0.2) is 47.3 Å². The third-order valence-corrected chi connectivity index (χ3v) is 6.86. The van der Waals surface area contributed by atoms with E-state index in [-0.39, 0.29) is 29.2 Å². The van der Waals surface area contributed by atoms with Crippen molar-refractivity contribution >= 4 is 11.8 Å². The van der Waals surface area contributed by atoms with Crippen molar-refractivity contribution in [2.45, 2.75) is 66.4 Å². The third kappa shape index (κ3) is 4.48. The lowest BCUT2D eigenvalue weighted by Crippen LogP contribution is -2.44. The van der Waals surface area contributed by atoms with Crippen LogP contribution in [0, 0.1) is 23.2 Å². The number of ether oxygens (including phenoxy) is 2. The minimum absolute atomic E-state index is 0.0671. The molecular weight excluding hydrogens is 364 g/mol. The first-order chi connectivity index (χ1) is 13.6. The van der Waals surface area contributed by atoms with Gasteiger partial charge >= 0.3 is 5.97 Å². The molecule has 1 saturated carbocycles. The molecule has 0 spiro atoms. The van der Waals surface area contributed by atoms with Gasteiger partial charge in [-0.25, -0.2) is 4.79 Å². The highest BCUT2D eigenvalue weighted by molar-refractivity contribution is 5.83. The quantitative estimate of drug-likeness (QED) is 0.263. The summed E-state index contributed by atoms with van der Waals surface area (Å²) in [6.45, 7) is 14.7. The van der Waals surface area contributed by atoms with Gasteiger partial charge in [0.1, 0.15) is 5.78 Å². The van der Waals surface area contributed by atoms with Gasteiger partial charge in [-0.3, -0.25) is 4.79 Å². The zero-order valence-corrected chi connectivity index (χ0v) is 18.4. The van der Waals surface area contributed by atoms with Crippen LogP contribution in [-0.2, 0) is 19.1 Å². The van der Waals surface area contributed by atoms with Crippen LogP contribution in [0.25, 0.3) is 0 Å². The van der Waals surface area contributed by atoms with E-state index in [4.69, 9.17) is 9.47 Å². The average Bonchev–Trinajstić information content (AvgIpc) is 2.99. The highest BCUT2D eigenvalue weighted by Crippen LogP contribution is 2.60. The fourth-order valence-electron chi connectivity index (χ4n) is 5.56. The topological polar surface area (TPSA) is 52.6 Å². The number of carbonyl (C=O) groups is 2. The van der Waals surface area contributed by atoms with E-state index < -0.39 is 0 Å². The summed E-state index contributed by atoms with van der Waals surface area (Å²) in [5.74, 6) is 0.817. The number of carbonyl (C=O) groups excluding carboxylic acids is 2. The van der Waals surface area contributed by atoms with Crippen molar-refractivity contribution < 1.29 is 19.1 Å². The smallest absolute Gasteiger partial charge is 0.335 e. The third-order valence-electron chi connectivity index (χ3n) is 6.86. The van der Waals surface area contributed by atoms with Crippen LogP contribution in [0.1, 0.15) is 60.3 Å². The molecule has 0 aromatic heterocycles. The Morgan fingerprint density at radius 3 is 2.62 bits per heavy atom. The molecule has 1 aliphatic heterocycles. The molecule has 29 heavy (non-hydrogen) atoms. The Labute approximate surface area is 174 Å². The summed E-state index contributed by atoms with van der Waals surface area (Å²) in [7, 11) is 0. The summed E-state index contributed by atoms with van der Waals surface area (Å²) < 4.78 is 11.4. The second kappa shape index (κ2) is 8.43. The lowest BCUT2D eigenvalue weighted by Gasteiger charge is -2.52. The first-order valence-corrected chi connectivity index (χ1v) is 10.6. The SMILES string of the molecule is C=C(C)C1CCC2(C)CC1C1=C(C(CC(C)=O)OC1)C2C=COC(=O)C=C(C)C. The molecule has 0 saturated heterocycles. The van der Waals surface area contributed by atoms with E-state index in [1.165, 1.54) is 29.1 Å². The van der Waals surface area contributed by atoms with Crippen LogP contribution in [0.4, 0.5) is 0 Å². The van der Waals surface area contributed by atoms with Gasteiger partial charge in [-0.2, -0.15) is 0 Å². The highest BCUT2D eigenvalue weighted by Gasteiger charge is 2.52. The molecule has 0 aromatic rings. The molecule has 158 valence electrons. The maximum Gasteiger partial charge on any atom is 0.335 e. The molecule has 0 radical (unpaired) electrons. The highest BCUT2D eigenvalue weighted by atomic mass is 16.5. The molecule has 4 heteroatoms. The molecule has 0 N–H and O–H groups in total. The molecular formula is C25H34O4. The maximum absolute atomic E-state index is 11.9. The first kappa shape index (κ1) is 21.8. The number of hydrogen-bond donors (Lipinski definition) is 0. The fourth-order valence-corrected chi connectivity index (χ4v) is 5.56. The van der Waals surface area contributed by atoms with Crippen molar-refractivity contribution in [1.29, 1.82) is 0 Å². The Morgan fingerprint density at radius 1 is 1.28 bits per heavy atom. The Morgan fingerprint density at radius 2 is 2.00 bits per heavy atom. The van der Waals surface area contributed by atoms with Crippen LogP contribution in [-0.4, -0.2) is 24.5 Å². The number of Topliss-reactive ketones (excluding diaryl/α,β-unsaturated/α-hetero) is 1. The molecule has 0 amide bonds. The average molecular weight is 399 g/mol. The molecule has 3 aliphatic rings. The van der Waals surface area contributed by atoms with Crippen LogP contribution in [0.2, 0.25) is 0 Å². The van der Waals surface area contributed by atoms with Crippen molar-refractivity contribution in [3.8, 4) is 0 Å². The Balaban J connectivity index is 1.96. The van der Waals surface area contributed by atoms with Gasteiger partial charge in [0, 0.05) is 18.4 Å². The van der Waals surface area contributed by atoms with Crippen LogP contribution in [0.5, 0.6) is 0 Å². The van der Waals surface area contributed by atoms with Gasteiger partial charge in [-0.1, -0.05) is 24.6 Å². The van der Waals surface area contributed by atoms with Crippen LogP contribution >= 0.6 is 0 Å². The molecule has 5 unspecified atom stereocenters. The largest absolute Gasteiger partial charge is 0.432 e. The van der Waals surface area contributed by atoms with Gasteiger partial charge < -0.3 is 9.47 Å². The maximum atomic E-state index is 11.9. The van der Waals surface area contributed by atoms with E-state index in [0.29, 0.717) is 24.9 Å². The van der Waals surface area contributed by atoms with Gasteiger partial charge in [-0.15, -0.1) is 0 Å². The van der Waals surface area contributed by atoms with E-state index >= 15 is 0 Å². The normalized spacial score (nSPS) is 33.4. The van der Waals surface area contributed by atoms with Crippen molar-refractivity contribution in [3.63, 3.8) is 0 Å². The zero-order chi connectivity index (χ0) is 21.3. The fraction of sp³-hybridized carbons (Fsp3) is 0.600. The minimum atomic E-state index is -0.358. The molecule has 5 atom stereocenters. The van der Waals surface area contributed by atoms with Gasteiger partial charge in [0.15, 0.2) is 0 Å². The van der Waals surface area contributed by atoms with E-state index in [1.54, 1.807) is 6.92 Å². The summed E-state index contributed by atoms with van der Waals surface area (Å²) in [4.78, 5) is 23.8.